The fraction of sp³-hybridized carbons (Fsp3) is 0.105. The summed E-state index contributed by atoms with van der Waals surface area (Å²) in [4.78, 5) is 4.80. The third-order valence-corrected chi connectivity index (χ3v) is 6.64. The van der Waals surface area contributed by atoms with E-state index in [0.717, 1.165) is 31.9 Å². The molecule has 5 nitrogen and oxygen atoms in total. The second kappa shape index (κ2) is 8.60. The summed E-state index contributed by atoms with van der Waals surface area (Å²) in [5, 5.41) is 18.7. The molecule has 0 atom stereocenters. The van der Waals surface area contributed by atoms with Crippen LogP contribution in [0.2, 0.25) is 0 Å². The number of aromatic nitrogens is 5. The van der Waals surface area contributed by atoms with E-state index in [1.165, 1.54) is 11.8 Å². The van der Waals surface area contributed by atoms with Gasteiger partial charge in [0.1, 0.15) is 16.4 Å². The summed E-state index contributed by atoms with van der Waals surface area (Å²) in [7, 11) is 0. The summed E-state index contributed by atoms with van der Waals surface area (Å²) in [5.41, 5.74) is 3.64. The molecule has 0 amide bonds. The van der Waals surface area contributed by atoms with Crippen molar-refractivity contribution in [2.24, 2.45) is 0 Å². The minimum Gasteiger partial charge on any atom is -0.219 e. The third kappa shape index (κ3) is 4.35. The lowest BCUT2D eigenvalue weighted by atomic mass is 10.0. The number of hydrogen-bond acceptors (Lipinski definition) is 8. The van der Waals surface area contributed by atoms with Gasteiger partial charge in [-0.2, -0.15) is 0 Å². The van der Waals surface area contributed by atoms with Crippen LogP contribution in [0.3, 0.4) is 0 Å². The molecule has 2 aromatic carbocycles. The molecule has 27 heavy (non-hydrogen) atoms. The molecule has 0 aliphatic heterocycles. The lowest BCUT2D eigenvalue weighted by Crippen LogP contribution is -1.99. The first-order valence-corrected chi connectivity index (χ1v) is 11.2. The molecule has 0 unspecified atom stereocenters. The van der Waals surface area contributed by atoms with Crippen molar-refractivity contribution in [3.8, 4) is 22.5 Å². The topological polar surface area (TPSA) is 64.5 Å². The Morgan fingerprint density at radius 1 is 0.778 bits per heavy atom. The number of benzene rings is 2. The highest BCUT2D eigenvalue weighted by Gasteiger charge is 2.14. The van der Waals surface area contributed by atoms with E-state index in [0.29, 0.717) is 10.9 Å². The molecule has 0 fully saturated rings. The highest BCUT2D eigenvalue weighted by molar-refractivity contribution is 8.00. The van der Waals surface area contributed by atoms with Crippen LogP contribution in [0.4, 0.5) is 0 Å². The van der Waals surface area contributed by atoms with E-state index >= 15 is 0 Å². The maximum absolute atomic E-state index is 4.80. The summed E-state index contributed by atoms with van der Waals surface area (Å²) in [6.45, 7) is 0. The lowest BCUT2D eigenvalue weighted by Gasteiger charge is -2.09. The monoisotopic (exact) mass is 409 g/mol. The van der Waals surface area contributed by atoms with Gasteiger partial charge >= 0.3 is 0 Å². The largest absolute Gasteiger partial charge is 0.219 e. The van der Waals surface area contributed by atoms with Gasteiger partial charge in [-0.1, -0.05) is 95.5 Å². The molecule has 0 aliphatic carbocycles. The van der Waals surface area contributed by atoms with E-state index in [4.69, 9.17) is 4.98 Å². The van der Waals surface area contributed by atoms with Crippen LogP contribution in [-0.2, 0) is 5.75 Å². The Morgan fingerprint density at radius 3 is 2.07 bits per heavy atom. The molecule has 2 heterocycles. The maximum atomic E-state index is 4.80. The first-order chi connectivity index (χ1) is 13.3. The average Bonchev–Trinajstić information content (AvgIpc) is 3.21. The number of thioether (sulfide) groups is 2. The molecule has 2 aromatic heterocycles. The quantitative estimate of drug-likeness (QED) is 0.412. The summed E-state index contributed by atoms with van der Waals surface area (Å²) in [6.07, 6.45) is 2.00. The van der Waals surface area contributed by atoms with Gasteiger partial charge in [0.15, 0.2) is 4.34 Å². The van der Waals surface area contributed by atoms with Crippen molar-refractivity contribution in [2.75, 3.05) is 6.26 Å². The van der Waals surface area contributed by atoms with Crippen LogP contribution in [0, 0.1) is 0 Å². The van der Waals surface area contributed by atoms with E-state index in [9.17, 15) is 0 Å². The summed E-state index contributed by atoms with van der Waals surface area (Å²) < 4.78 is 0.967. The van der Waals surface area contributed by atoms with Gasteiger partial charge in [-0.3, -0.25) is 0 Å². The summed E-state index contributed by atoms with van der Waals surface area (Å²) in [6, 6.07) is 20.1. The Hall–Kier alpha value is -2.29. The van der Waals surface area contributed by atoms with Crippen molar-refractivity contribution < 1.29 is 0 Å². The van der Waals surface area contributed by atoms with Gasteiger partial charge in [0.05, 0.1) is 5.75 Å². The predicted octanol–water partition coefficient (Wildman–Crippen LogP) is 5.07. The first-order valence-electron chi connectivity index (χ1n) is 8.18. The van der Waals surface area contributed by atoms with E-state index in [1.54, 1.807) is 23.1 Å². The summed E-state index contributed by atoms with van der Waals surface area (Å²) >= 11 is 4.72. The highest BCUT2D eigenvalue weighted by atomic mass is 32.2. The van der Waals surface area contributed by atoms with E-state index < -0.39 is 0 Å². The molecule has 4 aromatic rings. The van der Waals surface area contributed by atoms with Crippen LogP contribution >= 0.6 is 34.9 Å². The average molecular weight is 410 g/mol. The van der Waals surface area contributed by atoms with Gasteiger partial charge < -0.3 is 0 Å². The van der Waals surface area contributed by atoms with E-state index in [2.05, 4.69) is 20.4 Å². The number of rotatable bonds is 6. The van der Waals surface area contributed by atoms with Crippen molar-refractivity contribution >= 4 is 34.9 Å². The molecule has 0 saturated heterocycles. The predicted molar refractivity (Wildman–Crippen MR) is 112 cm³/mol. The van der Waals surface area contributed by atoms with Crippen LogP contribution < -0.4 is 0 Å². The molecular weight excluding hydrogens is 394 g/mol. The third-order valence-electron chi connectivity index (χ3n) is 3.71. The lowest BCUT2D eigenvalue weighted by molar-refractivity contribution is 0.849. The van der Waals surface area contributed by atoms with Gasteiger partial charge in [-0.05, 0) is 6.26 Å². The Morgan fingerprint density at radius 2 is 1.44 bits per heavy atom. The molecule has 0 bridgehead atoms. The zero-order valence-corrected chi connectivity index (χ0v) is 16.9. The zero-order valence-electron chi connectivity index (χ0n) is 14.4. The zero-order chi connectivity index (χ0) is 18.5. The second-order valence-electron chi connectivity index (χ2n) is 5.48. The standard InChI is InChI=1S/C19H15N5S3/c1-25-19-24-21-15(27-19)12-26-18-20-16(13-8-4-2-5-9-13)17(22-23-18)14-10-6-3-7-11-14/h2-11H,12H2,1H3. The Labute approximate surface area is 169 Å². The van der Waals surface area contributed by atoms with Crippen molar-refractivity contribution in [1.82, 2.24) is 25.4 Å². The van der Waals surface area contributed by atoms with Crippen molar-refractivity contribution in [3.63, 3.8) is 0 Å². The van der Waals surface area contributed by atoms with Crippen LogP contribution in [-0.4, -0.2) is 31.6 Å². The minimum atomic E-state index is 0.634. The molecule has 0 aliphatic rings. The Balaban J connectivity index is 1.66. The number of nitrogens with zero attached hydrogens (tertiary/aromatic N) is 5. The number of hydrogen-bond donors (Lipinski definition) is 0. The van der Waals surface area contributed by atoms with Gasteiger partial charge in [0, 0.05) is 11.1 Å². The maximum Gasteiger partial charge on any atom is 0.210 e. The minimum absolute atomic E-state index is 0.634. The van der Waals surface area contributed by atoms with Crippen LogP contribution in [0.5, 0.6) is 0 Å². The molecule has 0 N–H and O–H groups in total. The van der Waals surface area contributed by atoms with Crippen molar-refractivity contribution in [1.29, 1.82) is 0 Å². The van der Waals surface area contributed by atoms with Crippen molar-refractivity contribution in [3.05, 3.63) is 65.7 Å². The van der Waals surface area contributed by atoms with Crippen molar-refractivity contribution in [2.45, 2.75) is 15.2 Å². The van der Waals surface area contributed by atoms with E-state index in [1.807, 2.05) is 66.9 Å². The molecule has 8 heteroatoms. The fourth-order valence-corrected chi connectivity index (χ4v) is 4.55. The Bertz CT molecular complexity index is 1020. The molecular formula is C19H15N5S3. The van der Waals surface area contributed by atoms with Crippen LogP contribution in [0.25, 0.3) is 22.5 Å². The normalized spacial score (nSPS) is 10.9. The smallest absolute Gasteiger partial charge is 0.210 e. The molecule has 0 spiro atoms. The summed E-state index contributed by atoms with van der Waals surface area (Å²) in [5.74, 6) is 0.679. The fourth-order valence-electron chi connectivity index (χ4n) is 2.47. The Kier molecular flexibility index (Phi) is 5.76. The van der Waals surface area contributed by atoms with Crippen LogP contribution in [0.15, 0.2) is 70.2 Å². The van der Waals surface area contributed by atoms with Gasteiger partial charge in [0.2, 0.25) is 5.16 Å². The SMILES string of the molecule is CSc1nnc(CSc2nnc(-c3ccccc3)c(-c3ccccc3)n2)s1. The second-order valence-corrected chi connectivity index (χ2v) is 8.54. The van der Waals surface area contributed by atoms with Crippen LogP contribution in [0.1, 0.15) is 5.01 Å². The van der Waals surface area contributed by atoms with E-state index in [-0.39, 0.29) is 0 Å². The molecule has 134 valence electrons. The van der Waals surface area contributed by atoms with Gasteiger partial charge in [-0.25, -0.2) is 4.98 Å². The van der Waals surface area contributed by atoms with Gasteiger partial charge in [-0.15, -0.1) is 20.4 Å². The highest BCUT2D eigenvalue weighted by Crippen LogP contribution is 2.31. The molecule has 0 saturated carbocycles. The molecule has 0 radical (unpaired) electrons. The first kappa shape index (κ1) is 18.1. The molecule has 4 rings (SSSR count). The van der Waals surface area contributed by atoms with Gasteiger partial charge in [0.25, 0.3) is 0 Å².